The third-order valence-corrected chi connectivity index (χ3v) is 6.63. The lowest BCUT2D eigenvalue weighted by Crippen LogP contribution is -2.48. The van der Waals surface area contributed by atoms with Gasteiger partial charge in [0.1, 0.15) is 0 Å². The molecule has 1 aromatic carbocycles. The average molecular weight is 387 g/mol. The summed E-state index contributed by atoms with van der Waals surface area (Å²) >= 11 is 0. The first-order valence-corrected chi connectivity index (χ1v) is 10.6. The van der Waals surface area contributed by atoms with E-state index in [1.54, 1.807) is 0 Å². The van der Waals surface area contributed by atoms with Gasteiger partial charge >= 0.3 is 12.1 Å². The third kappa shape index (κ3) is 4.59. The topological polar surface area (TPSA) is 64.7 Å². The largest absolute Gasteiger partial charge is 0.322 e. The summed E-state index contributed by atoms with van der Waals surface area (Å²) in [5.74, 6) is 1.03. The van der Waals surface area contributed by atoms with Crippen molar-refractivity contribution in [2.75, 3.05) is 23.7 Å². The lowest BCUT2D eigenvalue weighted by atomic mass is 9.92. The van der Waals surface area contributed by atoms with Crippen molar-refractivity contribution in [3.05, 3.63) is 24.3 Å². The Morgan fingerprint density at radius 1 is 0.821 bits per heavy atom. The average Bonchev–Trinajstić information content (AvgIpc) is 2.66. The van der Waals surface area contributed by atoms with Gasteiger partial charge in [-0.05, 0) is 69.6 Å². The summed E-state index contributed by atoms with van der Waals surface area (Å²) in [5.41, 5.74) is 1.40. The molecule has 0 aliphatic carbocycles. The van der Waals surface area contributed by atoms with E-state index in [1.807, 2.05) is 34.1 Å². The lowest BCUT2D eigenvalue weighted by molar-refractivity contribution is 0.138. The number of likely N-dealkylation sites (tertiary alicyclic amines) is 2. The van der Waals surface area contributed by atoms with E-state index in [1.165, 1.54) is 12.8 Å². The number of benzene rings is 1. The van der Waals surface area contributed by atoms with Crippen LogP contribution in [0.1, 0.15) is 53.4 Å². The minimum Gasteiger partial charge on any atom is -0.322 e. The van der Waals surface area contributed by atoms with E-state index in [2.05, 4.69) is 38.3 Å². The fraction of sp³-hybridized carbons (Fsp3) is 0.636. The van der Waals surface area contributed by atoms with Crippen LogP contribution in [0.2, 0.25) is 0 Å². The van der Waals surface area contributed by atoms with Crippen LogP contribution in [0.5, 0.6) is 0 Å². The molecule has 2 aliphatic rings. The zero-order valence-corrected chi connectivity index (χ0v) is 17.6. The minimum atomic E-state index is -0.0685. The second-order valence-electron chi connectivity index (χ2n) is 8.55. The van der Waals surface area contributed by atoms with Crippen LogP contribution in [0, 0.1) is 11.8 Å². The van der Waals surface area contributed by atoms with Crippen molar-refractivity contribution in [1.29, 1.82) is 0 Å². The first kappa shape index (κ1) is 20.5. The molecule has 2 fully saturated rings. The Labute approximate surface area is 168 Å². The zero-order chi connectivity index (χ0) is 20.3. The quantitative estimate of drug-likeness (QED) is 0.752. The number of piperidine rings is 2. The number of rotatable bonds is 2. The van der Waals surface area contributed by atoms with Gasteiger partial charge in [0, 0.05) is 36.5 Å². The molecule has 4 amide bonds. The molecule has 2 aliphatic heterocycles. The van der Waals surface area contributed by atoms with Crippen LogP contribution < -0.4 is 10.6 Å². The molecule has 2 heterocycles. The van der Waals surface area contributed by atoms with Gasteiger partial charge in [0.25, 0.3) is 0 Å². The summed E-state index contributed by atoms with van der Waals surface area (Å²) in [6, 6.07) is 7.73. The van der Waals surface area contributed by atoms with E-state index in [4.69, 9.17) is 0 Å². The summed E-state index contributed by atoms with van der Waals surface area (Å²) in [5, 5.41) is 5.99. The molecule has 2 N–H and O–H groups in total. The number of nitrogens with one attached hydrogen (secondary N) is 2. The molecule has 0 unspecified atom stereocenters. The Morgan fingerprint density at radius 2 is 1.25 bits per heavy atom. The van der Waals surface area contributed by atoms with Crippen molar-refractivity contribution in [3.63, 3.8) is 0 Å². The van der Waals surface area contributed by atoms with Gasteiger partial charge in [0.05, 0.1) is 0 Å². The van der Waals surface area contributed by atoms with E-state index < -0.39 is 0 Å². The molecule has 154 valence electrons. The maximum Gasteiger partial charge on any atom is 0.322 e. The van der Waals surface area contributed by atoms with Crippen molar-refractivity contribution in [1.82, 2.24) is 9.80 Å². The van der Waals surface area contributed by atoms with Gasteiger partial charge in [-0.3, -0.25) is 0 Å². The number of amides is 4. The van der Waals surface area contributed by atoms with Crippen LogP contribution >= 0.6 is 0 Å². The third-order valence-electron chi connectivity index (χ3n) is 6.63. The molecule has 0 bridgehead atoms. The van der Waals surface area contributed by atoms with Crippen molar-refractivity contribution in [2.24, 2.45) is 11.8 Å². The van der Waals surface area contributed by atoms with Gasteiger partial charge in [0.15, 0.2) is 0 Å². The SMILES string of the molecule is C[C@@H]1CCCN(C(=O)Nc2cccc(NC(=O)N3CCC[C@H](C)[C@H]3C)c2)[C@H]1C. The maximum atomic E-state index is 12.7. The summed E-state index contributed by atoms with van der Waals surface area (Å²) in [7, 11) is 0. The van der Waals surface area contributed by atoms with E-state index in [0.717, 1.165) is 25.9 Å². The Kier molecular flexibility index (Phi) is 6.47. The van der Waals surface area contributed by atoms with Crippen LogP contribution in [0.25, 0.3) is 0 Å². The van der Waals surface area contributed by atoms with E-state index in [-0.39, 0.29) is 24.1 Å². The first-order chi connectivity index (χ1) is 13.4. The first-order valence-electron chi connectivity index (χ1n) is 10.6. The number of hydrogen-bond donors (Lipinski definition) is 2. The van der Waals surface area contributed by atoms with Crippen molar-refractivity contribution < 1.29 is 9.59 Å². The van der Waals surface area contributed by atoms with Gasteiger partial charge in [0.2, 0.25) is 0 Å². The number of anilines is 2. The molecule has 2 saturated heterocycles. The van der Waals surface area contributed by atoms with Gasteiger partial charge < -0.3 is 20.4 Å². The summed E-state index contributed by atoms with van der Waals surface area (Å²) < 4.78 is 0. The molecule has 0 radical (unpaired) electrons. The van der Waals surface area contributed by atoms with Gasteiger partial charge in [-0.25, -0.2) is 9.59 Å². The minimum absolute atomic E-state index is 0.0685. The summed E-state index contributed by atoms with van der Waals surface area (Å²) in [4.78, 5) is 29.2. The smallest absolute Gasteiger partial charge is 0.322 e. The van der Waals surface area contributed by atoms with Crippen molar-refractivity contribution >= 4 is 23.4 Å². The van der Waals surface area contributed by atoms with Crippen LogP contribution in [-0.2, 0) is 0 Å². The van der Waals surface area contributed by atoms with E-state index in [9.17, 15) is 9.59 Å². The monoisotopic (exact) mass is 386 g/mol. The summed E-state index contributed by atoms with van der Waals surface area (Å²) in [6.07, 6.45) is 4.42. The second kappa shape index (κ2) is 8.84. The van der Waals surface area contributed by atoms with Crippen molar-refractivity contribution in [3.8, 4) is 0 Å². The number of hydrogen-bond acceptors (Lipinski definition) is 2. The standard InChI is InChI=1S/C22H34N4O2/c1-15-8-6-12-25(17(15)3)21(27)23-19-10-5-11-20(14-19)24-22(28)26-13-7-9-16(2)18(26)4/h5,10-11,14-18H,6-9,12-13H2,1-4H3,(H,23,27)(H,24,28)/t15-,16+,17+,18-. The van der Waals surface area contributed by atoms with Crippen LogP contribution in [0.3, 0.4) is 0 Å². The predicted octanol–water partition coefficient (Wildman–Crippen LogP) is 4.99. The highest BCUT2D eigenvalue weighted by molar-refractivity contribution is 5.93. The number of urea groups is 2. The molecule has 0 spiro atoms. The highest BCUT2D eigenvalue weighted by Crippen LogP contribution is 2.26. The van der Waals surface area contributed by atoms with E-state index >= 15 is 0 Å². The van der Waals surface area contributed by atoms with Crippen molar-refractivity contribution in [2.45, 2.75) is 65.5 Å². The molecule has 0 aromatic heterocycles. The lowest BCUT2D eigenvalue weighted by Gasteiger charge is -2.38. The summed E-state index contributed by atoms with van der Waals surface area (Å²) in [6.45, 7) is 10.2. The fourth-order valence-electron chi connectivity index (χ4n) is 4.31. The molecule has 4 atom stereocenters. The molecule has 6 nitrogen and oxygen atoms in total. The molecule has 6 heteroatoms. The molecular weight excluding hydrogens is 352 g/mol. The Hall–Kier alpha value is -2.24. The van der Waals surface area contributed by atoms with Gasteiger partial charge in [-0.15, -0.1) is 0 Å². The highest BCUT2D eigenvalue weighted by atomic mass is 16.2. The number of nitrogens with zero attached hydrogens (tertiary/aromatic N) is 2. The molecule has 0 saturated carbocycles. The predicted molar refractivity (Wildman–Crippen MR) is 114 cm³/mol. The second-order valence-corrected chi connectivity index (χ2v) is 8.55. The molecular formula is C22H34N4O2. The zero-order valence-electron chi connectivity index (χ0n) is 17.6. The number of carbonyl (C=O) groups is 2. The van der Waals surface area contributed by atoms with Crippen LogP contribution in [-0.4, -0.2) is 47.0 Å². The molecule has 3 rings (SSSR count). The Bertz CT molecular complexity index is 652. The number of carbonyl (C=O) groups excluding carboxylic acids is 2. The maximum absolute atomic E-state index is 12.7. The van der Waals surface area contributed by atoms with Crippen LogP contribution in [0.4, 0.5) is 21.0 Å². The van der Waals surface area contributed by atoms with Crippen LogP contribution in [0.15, 0.2) is 24.3 Å². The Balaban J connectivity index is 1.62. The Morgan fingerprint density at radius 3 is 1.68 bits per heavy atom. The highest BCUT2D eigenvalue weighted by Gasteiger charge is 2.29. The molecule has 1 aromatic rings. The normalized spacial score (nSPS) is 28.0. The van der Waals surface area contributed by atoms with Gasteiger partial charge in [-0.2, -0.15) is 0 Å². The van der Waals surface area contributed by atoms with Gasteiger partial charge in [-0.1, -0.05) is 19.9 Å². The van der Waals surface area contributed by atoms with E-state index in [0.29, 0.717) is 23.2 Å². The molecule has 28 heavy (non-hydrogen) atoms. The fourth-order valence-corrected chi connectivity index (χ4v) is 4.31.